The van der Waals surface area contributed by atoms with Crippen LogP contribution in [0.15, 0.2) is 28.7 Å². The Morgan fingerprint density at radius 1 is 1.35 bits per heavy atom. The van der Waals surface area contributed by atoms with Crippen LogP contribution in [-0.2, 0) is 11.3 Å². The molecule has 0 radical (unpaired) electrons. The quantitative estimate of drug-likeness (QED) is 0.815. The van der Waals surface area contributed by atoms with Crippen LogP contribution in [0.3, 0.4) is 0 Å². The summed E-state index contributed by atoms with van der Waals surface area (Å²) in [6.45, 7) is 4.75. The number of halogens is 1. The van der Waals surface area contributed by atoms with Crippen molar-refractivity contribution in [3.05, 3.63) is 34.3 Å². The van der Waals surface area contributed by atoms with Gasteiger partial charge in [-0.3, -0.25) is 0 Å². The van der Waals surface area contributed by atoms with E-state index in [1.54, 1.807) is 0 Å². The molecule has 0 aliphatic carbocycles. The maximum atomic E-state index is 5.64. The molecule has 17 heavy (non-hydrogen) atoms. The summed E-state index contributed by atoms with van der Waals surface area (Å²) in [7, 11) is 0. The van der Waals surface area contributed by atoms with Crippen LogP contribution in [0.2, 0.25) is 0 Å². The lowest BCUT2D eigenvalue weighted by molar-refractivity contribution is 0.0238. The van der Waals surface area contributed by atoms with Crippen molar-refractivity contribution in [2.24, 2.45) is 0 Å². The number of ether oxygens (including phenoxy) is 1. The largest absolute Gasteiger partial charge is 0.376 e. The van der Waals surface area contributed by atoms with E-state index >= 15 is 0 Å². The van der Waals surface area contributed by atoms with Crippen molar-refractivity contribution < 1.29 is 4.74 Å². The molecule has 1 heterocycles. The summed E-state index contributed by atoms with van der Waals surface area (Å²) in [4.78, 5) is 0. The molecular weight excluding hydrogens is 280 g/mol. The average Bonchev–Trinajstić information content (AvgIpc) is 2.38. The highest BCUT2D eigenvalue weighted by Gasteiger charge is 2.11. The second-order valence-electron chi connectivity index (χ2n) is 4.29. The third-order valence-corrected chi connectivity index (χ3v) is 3.42. The first-order valence-corrected chi connectivity index (χ1v) is 6.91. The van der Waals surface area contributed by atoms with E-state index < -0.39 is 0 Å². The van der Waals surface area contributed by atoms with Crippen molar-refractivity contribution in [3.63, 3.8) is 0 Å². The van der Waals surface area contributed by atoms with Gasteiger partial charge in [0.05, 0.1) is 12.7 Å². The van der Waals surface area contributed by atoms with Crippen LogP contribution in [0.5, 0.6) is 0 Å². The molecule has 0 amide bonds. The topological polar surface area (TPSA) is 33.3 Å². The van der Waals surface area contributed by atoms with Crippen molar-refractivity contribution >= 4 is 15.9 Å². The van der Waals surface area contributed by atoms with E-state index in [9.17, 15) is 0 Å². The first-order valence-electron chi connectivity index (χ1n) is 6.12. The normalized spacial score (nSPS) is 20.4. The molecule has 1 atom stereocenters. The third-order valence-electron chi connectivity index (χ3n) is 2.89. The Kier molecular flexibility index (Phi) is 5.45. The van der Waals surface area contributed by atoms with Crippen LogP contribution >= 0.6 is 15.9 Å². The van der Waals surface area contributed by atoms with Gasteiger partial charge >= 0.3 is 0 Å². The summed E-state index contributed by atoms with van der Waals surface area (Å²) >= 11 is 3.44. The molecule has 1 aliphatic heterocycles. The lowest BCUT2D eigenvalue weighted by Crippen LogP contribution is -2.39. The fourth-order valence-electron chi connectivity index (χ4n) is 1.90. The summed E-state index contributed by atoms with van der Waals surface area (Å²) in [5.41, 5.74) is 1.32. The van der Waals surface area contributed by atoms with Crippen molar-refractivity contribution in [3.8, 4) is 0 Å². The van der Waals surface area contributed by atoms with E-state index in [4.69, 9.17) is 4.74 Å². The van der Waals surface area contributed by atoms with Crippen LogP contribution in [0.25, 0.3) is 0 Å². The van der Waals surface area contributed by atoms with E-state index in [2.05, 4.69) is 50.8 Å². The van der Waals surface area contributed by atoms with Gasteiger partial charge < -0.3 is 15.4 Å². The van der Waals surface area contributed by atoms with Crippen LogP contribution in [0.4, 0.5) is 0 Å². The zero-order valence-corrected chi connectivity index (χ0v) is 11.5. The predicted octanol–water partition coefficient (Wildman–Crippen LogP) is 1.92. The van der Waals surface area contributed by atoms with E-state index in [-0.39, 0.29) is 0 Å². The molecule has 4 heteroatoms. The van der Waals surface area contributed by atoms with Gasteiger partial charge in [-0.25, -0.2) is 0 Å². The van der Waals surface area contributed by atoms with Crippen LogP contribution in [0.1, 0.15) is 12.0 Å². The molecule has 1 fully saturated rings. The van der Waals surface area contributed by atoms with Gasteiger partial charge in [0, 0.05) is 24.1 Å². The van der Waals surface area contributed by atoms with Gasteiger partial charge in [0.15, 0.2) is 0 Å². The van der Waals surface area contributed by atoms with Gasteiger partial charge in [-0.05, 0) is 30.7 Å². The van der Waals surface area contributed by atoms with E-state index in [0.717, 1.165) is 43.7 Å². The zero-order valence-electron chi connectivity index (χ0n) is 9.92. The molecule has 1 saturated heterocycles. The van der Waals surface area contributed by atoms with Gasteiger partial charge in [0.2, 0.25) is 0 Å². The first kappa shape index (κ1) is 13.0. The van der Waals surface area contributed by atoms with Gasteiger partial charge in [-0.2, -0.15) is 0 Å². The standard InChI is InChI=1S/C13H19BrN2O/c14-12-3-1-11(2-4-12)9-15-6-5-13-10-16-7-8-17-13/h1-4,13,15-16H,5-10H2. The molecular formula is C13H19BrN2O. The number of hydrogen-bond donors (Lipinski definition) is 2. The molecule has 2 rings (SSSR count). The molecule has 0 spiro atoms. The molecule has 3 nitrogen and oxygen atoms in total. The minimum Gasteiger partial charge on any atom is -0.376 e. The first-order chi connectivity index (χ1) is 8.34. The summed E-state index contributed by atoms with van der Waals surface area (Å²) in [6.07, 6.45) is 1.45. The van der Waals surface area contributed by atoms with Gasteiger partial charge in [0.1, 0.15) is 0 Å². The molecule has 0 saturated carbocycles. The molecule has 0 bridgehead atoms. The number of benzene rings is 1. The Morgan fingerprint density at radius 3 is 2.88 bits per heavy atom. The fraction of sp³-hybridized carbons (Fsp3) is 0.538. The molecule has 1 unspecified atom stereocenters. The van der Waals surface area contributed by atoms with Crippen molar-refractivity contribution in [1.82, 2.24) is 10.6 Å². The number of rotatable bonds is 5. The number of hydrogen-bond acceptors (Lipinski definition) is 3. The molecule has 0 aromatic heterocycles. The van der Waals surface area contributed by atoms with Gasteiger partial charge in [-0.1, -0.05) is 28.1 Å². The Morgan fingerprint density at radius 2 is 2.18 bits per heavy atom. The highest BCUT2D eigenvalue weighted by atomic mass is 79.9. The van der Waals surface area contributed by atoms with Crippen LogP contribution < -0.4 is 10.6 Å². The molecule has 1 aliphatic rings. The SMILES string of the molecule is Brc1ccc(CNCCC2CNCCO2)cc1. The predicted molar refractivity (Wildman–Crippen MR) is 73.1 cm³/mol. The summed E-state index contributed by atoms with van der Waals surface area (Å²) < 4.78 is 6.76. The summed E-state index contributed by atoms with van der Waals surface area (Å²) in [5.74, 6) is 0. The molecule has 2 N–H and O–H groups in total. The molecule has 1 aromatic rings. The zero-order chi connectivity index (χ0) is 11.9. The lowest BCUT2D eigenvalue weighted by atomic mass is 10.2. The van der Waals surface area contributed by atoms with Crippen LogP contribution in [0, 0.1) is 0 Å². The number of nitrogens with one attached hydrogen (secondary N) is 2. The Labute approximate surface area is 111 Å². The van der Waals surface area contributed by atoms with Gasteiger partial charge in [-0.15, -0.1) is 0 Å². The lowest BCUT2D eigenvalue weighted by Gasteiger charge is -2.23. The van der Waals surface area contributed by atoms with E-state index in [1.807, 2.05) is 0 Å². The Bertz CT molecular complexity index is 323. The minimum absolute atomic E-state index is 0.376. The maximum absolute atomic E-state index is 5.64. The fourth-order valence-corrected chi connectivity index (χ4v) is 2.17. The van der Waals surface area contributed by atoms with Crippen LogP contribution in [-0.4, -0.2) is 32.3 Å². The molecule has 94 valence electrons. The Hall–Kier alpha value is -0.420. The van der Waals surface area contributed by atoms with Crippen molar-refractivity contribution in [2.45, 2.75) is 19.1 Å². The smallest absolute Gasteiger partial charge is 0.0712 e. The van der Waals surface area contributed by atoms with E-state index in [0.29, 0.717) is 6.10 Å². The third kappa shape index (κ3) is 4.76. The minimum atomic E-state index is 0.376. The monoisotopic (exact) mass is 298 g/mol. The van der Waals surface area contributed by atoms with Gasteiger partial charge in [0.25, 0.3) is 0 Å². The highest BCUT2D eigenvalue weighted by molar-refractivity contribution is 9.10. The second kappa shape index (κ2) is 7.11. The van der Waals surface area contributed by atoms with Crippen molar-refractivity contribution in [2.75, 3.05) is 26.2 Å². The summed E-state index contributed by atoms with van der Waals surface area (Å²) in [5, 5.41) is 6.79. The molecule has 1 aromatic carbocycles. The van der Waals surface area contributed by atoms with E-state index in [1.165, 1.54) is 5.56 Å². The Balaban J connectivity index is 1.60. The second-order valence-corrected chi connectivity index (χ2v) is 5.20. The summed E-state index contributed by atoms with van der Waals surface area (Å²) in [6, 6.07) is 8.42. The average molecular weight is 299 g/mol. The number of morpholine rings is 1. The maximum Gasteiger partial charge on any atom is 0.0712 e. The van der Waals surface area contributed by atoms with Crippen molar-refractivity contribution in [1.29, 1.82) is 0 Å². The highest BCUT2D eigenvalue weighted by Crippen LogP contribution is 2.10.